The molecule has 0 saturated carbocycles. The van der Waals surface area contributed by atoms with Gasteiger partial charge in [0.05, 0.1) is 14.2 Å². The molecular formula is C20H23NO3. The van der Waals surface area contributed by atoms with Crippen molar-refractivity contribution in [2.75, 3.05) is 20.8 Å². The van der Waals surface area contributed by atoms with E-state index in [0.717, 1.165) is 22.6 Å². The van der Waals surface area contributed by atoms with Crippen molar-refractivity contribution in [3.63, 3.8) is 0 Å². The summed E-state index contributed by atoms with van der Waals surface area (Å²) >= 11 is 0. The number of carbonyl (C=O) groups is 1. The fourth-order valence-electron chi connectivity index (χ4n) is 2.31. The number of aryl methyl sites for hydroxylation is 1. The largest absolute Gasteiger partial charge is 0.497 e. The van der Waals surface area contributed by atoms with Crippen LogP contribution in [0.25, 0.3) is 6.08 Å². The van der Waals surface area contributed by atoms with Crippen molar-refractivity contribution in [3.8, 4) is 11.5 Å². The van der Waals surface area contributed by atoms with E-state index in [1.54, 1.807) is 26.4 Å². The molecule has 2 rings (SSSR count). The summed E-state index contributed by atoms with van der Waals surface area (Å²) in [4.78, 5) is 11.9. The fraction of sp³-hybridized carbons (Fsp3) is 0.250. The first-order chi connectivity index (χ1) is 11.6. The molecule has 0 atom stereocenters. The second-order valence-corrected chi connectivity index (χ2v) is 5.46. The molecular weight excluding hydrogens is 302 g/mol. The van der Waals surface area contributed by atoms with E-state index >= 15 is 0 Å². The predicted molar refractivity (Wildman–Crippen MR) is 96.5 cm³/mol. The Kier molecular flexibility index (Phi) is 6.43. The van der Waals surface area contributed by atoms with Crippen molar-refractivity contribution >= 4 is 12.0 Å². The van der Waals surface area contributed by atoms with Crippen LogP contribution in [0.15, 0.2) is 48.5 Å². The van der Waals surface area contributed by atoms with Crippen molar-refractivity contribution in [1.82, 2.24) is 5.32 Å². The first-order valence-electron chi connectivity index (χ1n) is 7.86. The van der Waals surface area contributed by atoms with Gasteiger partial charge in [0.25, 0.3) is 0 Å². The van der Waals surface area contributed by atoms with Crippen LogP contribution in [0, 0.1) is 6.92 Å². The number of rotatable bonds is 7. The van der Waals surface area contributed by atoms with Gasteiger partial charge in [-0.05, 0) is 48.7 Å². The van der Waals surface area contributed by atoms with E-state index < -0.39 is 0 Å². The molecule has 1 amide bonds. The van der Waals surface area contributed by atoms with Gasteiger partial charge in [-0.25, -0.2) is 0 Å². The Bertz CT molecular complexity index is 705. The summed E-state index contributed by atoms with van der Waals surface area (Å²) < 4.78 is 10.6. The van der Waals surface area contributed by atoms with Gasteiger partial charge >= 0.3 is 0 Å². The molecule has 0 radical (unpaired) electrons. The zero-order valence-corrected chi connectivity index (χ0v) is 14.3. The average molecular weight is 325 g/mol. The third kappa shape index (κ3) is 5.16. The van der Waals surface area contributed by atoms with E-state index in [9.17, 15) is 4.79 Å². The van der Waals surface area contributed by atoms with Crippen LogP contribution in [-0.2, 0) is 11.2 Å². The lowest BCUT2D eigenvalue weighted by Gasteiger charge is -2.10. The zero-order valence-electron chi connectivity index (χ0n) is 14.3. The molecule has 0 aliphatic rings. The minimum Gasteiger partial charge on any atom is -0.497 e. The molecule has 0 spiro atoms. The Morgan fingerprint density at radius 3 is 2.50 bits per heavy atom. The van der Waals surface area contributed by atoms with Gasteiger partial charge in [-0.2, -0.15) is 0 Å². The maximum Gasteiger partial charge on any atom is 0.244 e. The second kappa shape index (κ2) is 8.77. The Labute approximate surface area is 143 Å². The van der Waals surface area contributed by atoms with Crippen LogP contribution in [0.3, 0.4) is 0 Å². The first kappa shape index (κ1) is 17.6. The zero-order chi connectivity index (χ0) is 17.4. The minimum atomic E-state index is -0.113. The molecule has 0 heterocycles. The van der Waals surface area contributed by atoms with Crippen LogP contribution < -0.4 is 14.8 Å². The van der Waals surface area contributed by atoms with Gasteiger partial charge in [0.1, 0.15) is 11.5 Å². The quantitative estimate of drug-likeness (QED) is 0.794. The van der Waals surface area contributed by atoms with Crippen LogP contribution in [0.2, 0.25) is 0 Å². The number of benzene rings is 2. The van der Waals surface area contributed by atoms with Crippen LogP contribution in [-0.4, -0.2) is 26.7 Å². The summed E-state index contributed by atoms with van der Waals surface area (Å²) in [5.41, 5.74) is 3.20. The van der Waals surface area contributed by atoms with Gasteiger partial charge in [-0.3, -0.25) is 4.79 Å². The van der Waals surface area contributed by atoms with Gasteiger partial charge in [-0.1, -0.05) is 29.8 Å². The molecule has 2 aromatic carbocycles. The summed E-state index contributed by atoms with van der Waals surface area (Å²) in [6, 6.07) is 13.7. The number of hydrogen-bond acceptors (Lipinski definition) is 3. The van der Waals surface area contributed by atoms with Crippen molar-refractivity contribution in [2.45, 2.75) is 13.3 Å². The van der Waals surface area contributed by atoms with Gasteiger partial charge < -0.3 is 14.8 Å². The molecule has 0 aliphatic carbocycles. The Morgan fingerprint density at radius 1 is 1.08 bits per heavy atom. The number of nitrogens with one attached hydrogen (secondary N) is 1. The molecule has 0 unspecified atom stereocenters. The second-order valence-electron chi connectivity index (χ2n) is 5.46. The highest BCUT2D eigenvalue weighted by Gasteiger charge is 2.05. The predicted octanol–water partition coefficient (Wildman–Crippen LogP) is 3.38. The van der Waals surface area contributed by atoms with Crippen molar-refractivity contribution in [3.05, 3.63) is 65.2 Å². The van der Waals surface area contributed by atoms with Crippen molar-refractivity contribution < 1.29 is 14.3 Å². The Hall–Kier alpha value is -2.75. The van der Waals surface area contributed by atoms with Crippen LogP contribution >= 0.6 is 0 Å². The maximum absolute atomic E-state index is 11.9. The van der Waals surface area contributed by atoms with E-state index in [2.05, 4.69) is 5.32 Å². The minimum absolute atomic E-state index is 0.113. The monoisotopic (exact) mass is 325 g/mol. The number of methoxy groups -OCH3 is 2. The van der Waals surface area contributed by atoms with Gasteiger partial charge in [0.2, 0.25) is 5.91 Å². The van der Waals surface area contributed by atoms with Gasteiger partial charge in [0, 0.05) is 12.6 Å². The van der Waals surface area contributed by atoms with Crippen LogP contribution in [0.4, 0.5) is 0 Å². The average Bonchev–Trinajstić information content (AvgIpc) is 2.61. The molecule has 0 aromatic heterocycles. The number of ether oxygens (including phenoxy) is 2. The third-order valence-electron chi connectivity index (χ3n) is 3.69. The number of hydrogen-bond donors (Lipinski definition) is 1. The lowest BCUT2D eigenvalue weighted by atomic mass is 10.1. The van der Waals surface area contributed by atoms with Gasteiger partial charge in [-0.15, -0.1) is 0 Å². The molecule has 126 valence electrons. The maximum atomic E-state index is 11.9. The lowest BCUT2D eigenvalue weighted by molar-refractivity contribution is -0.116. The molecule has 0 fully saturated rings. The number of carbonyl (C=O) groups excluding carboxylic acids is 1. The first-order valence-corrected chi connectivity index (χ1v) is 7.86. The van der Waals surface area contributed by atoms with Crippen molar-refractivity contribution in [1.29, 1.82) is 0 Å². The Morgan fingerprint density at radius 2 is 1.83 bits per heavy atom. The third-order valence-corrected chi connectivity index (χ3v) is 3.69. The van der Waals surface area contributed by atoms with E-state index in [-0.39, 0.29) is 5.91 Å². The SMILES string of the molecule is COc1ccc(OC)c(CCNC(=O)/C=C/c2ccc(C)cc2)c1. The van der Waals surface area contributed by atoms with Crippen LogP contribution in [0.1, 0.15) is 16.7 Å². The molecule has 4 heteroatoms. The summed E-state index contributed by atoms with van der Waals surface area (Å²) in [6.07, 6.45) is 4.03. The van der Waals surface area contributed by atoms with Gasteiger partial charge in [0.15, 0.2) is 0 Å². The fourth-order valence-corrected chi connectivity index (χ4v) is 2.31. The standard InChI is InChI=1S/C20H23NO3/c1-15-4-6-16(7-5-15)8-11-20(22)21-13-12-17-14-18(23-2)9-10-19(17)24-3/h4-11,14H,12-13H2,1-3H3,(H,21,22)/b11-8+. The molecule has 0 saturated heterocycles. The van der Waals surface area contributed by atoms with E-state index in [4.69, 9.17) is 9.47 Å². The Balaban J connectivity index is 1.87. The summed E-state index contributed by atoms with van der Waals surface area (Å²) in [5, 5.41) is 2.88. The lowest BCUT2D eigenvalue weighted by Crippen LogP contribution is -2.23. The number of amides is 1. The highest BCUT2D eigenvalue weighted by atomic mass is 16.5. The normalized spacial score (nSPS) is 10.6. The highest BCUT2D eigenvalue weighted by molar-refractivity contribution is 5.91. The molecule has 4 nitrogen and oxygen atoms in total. The molecule has 24 heavy (non-hydrogen) atoms. The van der Waals surface area contributed by atoms with E-state index in [0.29, 0.717) is 13.0 Å². The van der Waals surface area contributed by atoms with E-state index in [1.807, 2.05) is 49.4 Å². The molecule has 1 N–H and O–H groups in total. The van der Waals surface area contributed by atoms with E-state index in [1.165, 1.54) is 5.56 Å². The summed E-state index contributed by atoms with van der Waals surface area (Å²) in [5.74, 6) is 1.45. The topological polar surface area (TPSA) is 47.6 Å². The van der Waals surface area contributed by atoms with Crippen LogP contribution in [0.5, 0.6) is 11.5 Å². The van der Waals surface area contributed by atoms with Crippen molar-refractivity contribution in [2.24, 2.45) is 0 Å². The molecule has 0 aliphatic heterocycles. The highest BCUT2D eigenvalue weighted by Crippen LogP contribution is 2.24. The summed E-state index contributed by atoms with van der Waals surface area (Å²) in [6.45, 7) is 2.56. The molecule has 0 bridgehead atoms. The smallest absolute Gasteiger partial charge is 0.244 e. The summed E-state index contributed by atoms with van der Waals surface area (Å²) in [7, 11) is 3.26. The molecule has 2 aromatic rings.